The van der Waals surface area contributed by atoms with Crippen LogP contribution >= 0.6 is 0 Å². The summed E-state index contributed by atoms with van der Waals surface area (Å²) in [6, 6.07) is 7.06. The van der Waals surface area contributed by atoms with Gasteiger partial charge in [0.2, 0.25) is 0 Å². The van der Waals surface area contributed by atoms with Crippen molar-refractivity contribution < 1.29 is 13.5 Å². The second-order valence-corrected chi connectivity index (χ2v) is 4.98. The molecule has 0 amide bonds. The molecular weight excluding hydrogens is 250 g/mol. The van der Waals surface area contributed by atoms with Crippen LogP contribution in [0, 0.1) is 5.92 Å². The van der Waals surface area contributed by atoms with Gasteiger partial charge in [0.25, 0.3) is 0 Å². The van der Waals surface area contributed by atoms with Crippen LogP contribution in [0.15, 0.2) is 24.3 Å². The molecule has 1 heterocycles. The summed E-state index contributed by atoms with van der Waals surface area (Å²) in [5.41, 5.74) is 6.49. The number of halogens is 2. The highest BCUT2D eigenvalue weighted by Gasteiger charge is 2.27. The third kappa shape index (κ3) is 3.42. The van der Waals surface area contributed by atoms with Crippen molar-refractivity contribution in [2.45, 2.75) is 26.0 Å². The highest BCUT2D eigenvalue weighted by Crippen LogP contribution is 2.33. The van der Waals surface area contributed by atoms with Gasteiger partial charge in [0.1, 0.15) is 5.75 Å². The van der Waals surface area contributed by atoms with E-state index in [0.29, 0.717) is 12.5 Å². The van der Waals surface area contributed by atoms with Gasteiger partial charge in [0.05, 0.1) is 0 Å². The van der Waals surface area contributed by atoms with Crippen LogP contribution in [0.1, 0.15) is 24.9 Å². The Morgan fingerprint density at radius 1 is 1.42 bits per heavy atom. The zero-order valence-electron chi connectivity index (χ0n) is 11.1. The fraction of sp³-hybridized carbons (Fsp3) is 0.571. The molecule has 2 N–H and O–H groups in total. The summed E-state index contributed by atoms with van der Waals surface area (Å²) in [4.78, 5) is 2.27. The number of benzene rings is 1. The van der Waals surface area contributed by atoms with Gasteiger partial charge in [0, 0.05) is 18.2 Å². The van der Waals surface area contributed by atoms with Crippen molar-refractivity contribution in [3.63, 3.8) is 0 Å². The third-order valence-corrected chi connectivity index (χ3v) is 3.78. The lowest BCUT2D eigenvalue weighted by Crippen LogP contribution is -2.26. The molecule has 2 unspecified atom stereocenters. The largest absolute Gasteiger partial charge is 0.434 e. The molecule has 0 saturated carbocycles. The molecule has 1 aliphatic rings. The zero-order chi connectivity index (χ0) is 13.8. The minimum Gasteiger partial charge on any atom is -0.434 e. The number of ether oxygens (including phenoxy) is 1. The molecule has 106 valence electrons. The first-order valence-corrected chi connectivity index (χ1v) is 6.59. The molecule has 1 saturated heterocycles. The van der Waals surface area contributed by atoms with Crippen molar-refractivity contribution in [3.05, 3.63) is 29.8 Å². The van der Waals surface area contributed by atoms with Gasteiger partial charge in [-0.15, -0.1) is 0 Å². The number of alkyl halides is 2. The van der Waals surface area contributed by atoms with E-state index in [4.69, 9.17) is 5.73 Å². The number of likely N-dealkylation sites (tertiary alicyclic amines) is 1. The van der Waals surface area contributed by atoms with E-state index in [0.717, 1.165) is 25.1 Å². The molecule has 0 aromatic heterocycles. The van der Waals surface area contributed by atoms with E-state index in [2.05, 4.69) is 9.64 Å². The van der Waals surface area contributed by atoms with Crippen molar-refractivity contribution >= 4 is 0 Å². The minimum atomic E-state index is -2.79. The summed E-state index contributed by atoms with van der Waals surface area (Å²) in [7, 11) is 0. The Balaban J connectivity index is 2.12. The van der Waals surface area contributed by atoms with Crippen LogP contribution < -0.4 is 10.5 Å². The topological polar surface area (TPSA) is 38.5 Å². The number of hydrogen-bond donors (Lipinski definition) is 1. The maximum Gasteiger partial charge on any atom is 0.387 e. The highest BCUT2D eigenvalue weighted by atomic mass is 19.3. The average molecular weight is 270 g/mol. The molecule has 0 radical (unpaired) electrons. The maximum absolute atomic E-state index is 12.4. The molecule has 3 nitrogen and oxygen atoms in total. The maximum atomic E-state index is 12.4. The summed E-state index contributed by atoms with van der Waals surface area (Å²) in [6.45, 7) is 1.78. The average Bonchev–Trinajstić information content (AvgIpc) is 2.86. The van der Waals surface area contributed by atoms with Crippen molar-refractivity contribution in [3.8, 4) is 5.75 Å². The molecule has 0 spiro atoms. The van der Waals surface area contributed by atoms with Crippen LogP contribution in [-0.2, 0) is 0 Å². The van der Waals surface area contributed by atoms with Crippen LogP contribution in [0.3, 0.4) is 0 Å². The van der Waals surface area contributed by atoms with E-state index >= 15 is 0 Å². The first-order chi connectivity index (χ1) is 9.11. The molecular formula is C14H20F2N2O. The fourth-order valence-corrected chi connectivity index (χ4v) is 2.63. The van der Waals surface area contributed by atoms with Gasteiger partial charge in [-0.3, -0.25) is 4.90 Å². The Morgan fingerprint density at radius 3 is 2.79 bits per heavy atom. The number of rotatable bonds is 5. The number of para-hydroxylation sites is 1. The molecule has 1 aromatic rings. The molecule has 0 aliphatic carbocycles. The van der Waals surface area contributed by atoms with Crippen molar-refractivity contribution in [2.24, 2.45) is 11.7 Å². The van der Waals surface area contributed by atoms with Gasteiger partial charge >= 0.3 is 6.61 Å². The lowest BCUT2D eigenvalue weighted by Gasteiger charge is -2.26. The summed E-state index contributed by atoms with van der Waals surface area (Å²) in [6.07, 6.45) is 1.07. The molecule has 2 rings (SSSR count). The van der Waals surface area contributed by atoms with Crippen molar-refractivity contribution in [1.82, 2.24) is 4.90 Å². The van der Waals surface area contributed by atoms with E-state index in [1.807, 2.05) is 19.1 Å². The Labute approximate surface area is 112 Å². The second-order valence-electron chi connectivity index (χ2n) is 4.98. The Morgan fingerprint density at radius 2 is 2.16 bits per heavy atom. The van der Waals surface area contributed by atoms with E-state index in [-0.39, 0.29) is 11.8 Å². The lowest BCUT2D eigenvalue weighted by molar-refractivity contribution is -0.0510. The van der Waals surface area contributed by atoms with E-state index < -0.39 is 6.61 Å². The molecule has 5 heteroatoms. The van der Waals surface area contributed by atoms with Crippen LogP contribution in [0.25, 0.3) is 0 Å². The Bertz CT molecular complexity index is 414. The monoisotopic (exact) mass is 270 g/mol. The molecule has 1 fully saturated rings. The second kappa shape index (κ2) is 6.30. The first-order valence-electron chi connectivity index (χ1n) is 6.59. The van der Waals surface area contributed by atoms with Gasteiger partial charge in [-0.1, -0.05) is 18.2 Å². The molecule has 2 atom stereocenters. The molecule has 19 heavy (non-hydrogen) atoms. The number of nitrogens with zero attached hydrogens (tertiary/aromatic N) is 1. The van der Waals surface area contributed by atoms with E-state index in [1.54, 1.807) is 12.1 Å². The van der Waals surface area contributed by atoms with Gasteiger partial charge in [-0.25, -0.2) is 0 Å². The van der Waals surface area contributed by atoms with Gasteiger partial charge in [0.15, 0.2) is 0 Å². The number of hydrogen-bond acceptors (Lipinski definition) is 3. The standard InChI is InChI=1S/C14H20F2N2O/c1-10(18-7-6-11(8-17)9-18)12-4-2-3-5-13(12)19-14(15)16/h2-5,10-11,14H,6-9,17H2,1H3. The van der Waals surface area contributed by atoms with Crippen molar-refractivity contribution in [2.75, 3.05) is 19.6 Å². The molecule has 0 bridgehead atoms. The van der Waals surface area contributed by atoms with Gasteiger partial charge < -0.3 is 10.5 Å². The highest BCUT2D eigenvalue weighted by molar-refractivity contribution is 5.35. The quantitative estimate of drug-likeness (QED) is 0.894. The molecule has 1 aromatic carbocycles. The summed E-state index contributed by atoms with van der Waals surface area (Å²) >= 11 is 0. The van der Waals surface area contributed by atoms with Crippen LogP contribution in [0.2, 0.25) is 0 Å². The van der Waals surface area contributed by atoms with E-state index in [9.17, 15) is 8.78 Å². The van der Waals surface area contributed by atoms with Crippen molar-refractivity contribution in [1.29, 1.82) is 0 Å². The Hall–Kier alpha value is -1.20. The fourth-order valence-electron chi connectivity index (χ4n) is 2.63. The smallest absolute Gasteiger partial charge is 0.387 e. The minimum absolute atomic E-state index is 0.0616. The molecule has 1 aliphatic heterocycles. The van der Waals surface area contributed by atoms with Crippen LogP contribution in [0.4, 0.5) is 8.78 Å². The zero-order valence-corrected chi connectivity index (χ0v) is 11.1. The summed E-state index contributed by atoms with van der Waals surface area (Å²) < 4.78 is 29.4. The summed E-state index contributed by atoms with van der Waals surface area (Å²) in [5.74, 6) is 0.770. The normalized spacial score (nSPS) is 21.8. The lowest BCUT2D eigenvalue weighted by atomic mass is 10.1. The van der Waals surface area contributed by atoms with Crippen LogP contribution in [0.5, 0.6) is 5.75 Å². The first kappa shape index (κ1) is 14.2. The van der Waals surface area contributed by atoms with Gasteiger partial charge in [-0.2, -0.15) is 8.78 Å². The predicted octanol–water partition coefficient (Wildman–Crippen LogP) is 2.63. The summed E-state index contributed by atoms with van der Waals surface area (Å²) in [5, 5.41) is 0. The SMILES string of the molecule is CC(c1ccccc1OC(F)F)N1CCC(CN)C1. The van der Waals surface area contributed by atoms with Gasteiger partial charge in [-0.05, 0) is 38.4 Å². The van der Waals surface area contributed by atoms with E-state index in [1.165, 1.54) is 0 Å². The van der Waals surface area contributed by atoms with Crippen LogP contribution in [-0.4, -0.2) is 31.1 Å². The third-order valence-electron chi connectivity index (χ3n) is 3.78. The Kier molecular flexibility index (Phi) is 4.71. The predicted molar refractivity (Wildman–Crippen MR) is 70.2 cm³/mol. The number of nitrogens with two attached hydrogens (primary N) is 1.